The fourth-order valence-corrected chi connectivity index (χ4v) is 3.61. The molecule has 0 bridgehead atoms. The molecule has 162 valence electrons. The Labute approximate surface area is 190 Å². The minimum atomic E-state index is -1.66. The lowest BCUT2D eigenvalue weighted by molar-refractivity contribution is 0.0690. The number of anilines is 2. The van der Waals surface area contributed by atoms with Gasteiger partial charge in [0.2, 0.25) is 0 Å². The van der Waals surface area contributed by atoms with Gasteiger partial charge in [0, 0.05) is 34.7 Å². The van der Waals surface area contributed by atoms with Crippen molar-refractivity contribution in [3.05, 3.63) is 74.9 Å². The monoisotopic (exact) mass is 540 g/mol. The van der Waals surface area contributed by atoms with Crippen LogP contribution in [0.15, 0.2) is 43.0 Å². The second-order valence-corrected chi connectivity index (χ2v) is 8.02. The predicted octanol–water partition coefficient (Wildman–Crippen LogP) is 4.34. The van der Waals surface area contributed by atoms with Crippen LogP contribution in [0.2, 0.25) is 0 Å². The van der Waals surface area contributed by atoms with Crippen molar-refractivity contribution in [3.8, 4) is 0 Å². The van der Waals surface area contributed by atoms with Gasteiger partial charge in [0.05, 0.1) is 23.1 Å². The van der Waals surface area contributed by atoms with Gasteiger partial charge >= 0.3 is 5.97 Å². The zero-order chi connectivity index (χ0) is 22.5. The van der Waals surface area contributed by atoms with Gasteiger partial charge in [-0.25, -0.2) is 18.6 Å². The highest BCUT2D eigenvalue weighted by molar-refractivity contribution is 14.1. The van der Waals surface area contributed by atoms with E-state index in [1.807, 2.05) is 10.6 Å². The topological polar surface area (TPSA) is 96.3 Å². The highest BCUT2D eigenvalue weighted by Crippen LogP contribution is 2.30. The Bertz CT molecular complexity index is 1120. The van der Waals surface area contributed by atoms with Gasteiger partial charge in [-0.2, -0.15) is 0 Å². The zero-order valence-electron chi connectivity index (χ0n) is 16.5. The van der Waals surface area contributed by atoms with E-state index in [0.29, 0.717) is 18.7 Å². The molecular weight excluding hydrogens is 521 g/mol. The largest absolute Gasteiger partial charge is 0.478 e. The maximum atomic E-state index is 14.8. The van der Waals surface area contributed by atoms with Crippen molar-refractivity contribution in [3.63, 3.8) is 0 Å². The van der Waals surface area contributed by atoms with Crippen LogP contribution in [0.5, 0.6) is 0 Å². The summed E-state index contributed by atoms with van der Waals surface area (Å²) in [6, 6.07) is 6.12. The van der Waals surface area contributed by atoms with Crippen LogP contribution >= 0.6 is 22.6 Å². The molecule has 10 heteroatoms. The van der Waals surface area contributed by atoms with Gasteiger partial charge in [-0.05, 0) is 65.8 Å². The molecule has 3 aromatic rings. The Morgan fingerprint density at radius 1 is 1.19 bits per heavy atom. The molecule has 0 aliphatic carbocycles. The Balaban J connectivity index is 1.88. The number of amides is 1. The first kappa shape index (κ1) is 22.7. The summed E-state index contributed by atoms with van der Waals surface area (Å²) in [5.41, 5.74) is -0.404. The van der Waals surface area contributed by atoms with E-state index in [-0.39, 0.29) is 12.1 Å². The van der Waals surface area contributed by atoms with Crippen molar-refractivity contribution in [1.29, 1.82) is 0 Å². The summed E-state index contributed by atoms with van der Waals surface area (Å²) in [5, 5.41) is 14.6. The number of rotatable bonds is 8. The molecule has 0 aliphatic rings. The SMILES string of the molecule is Cc1cc(I)ccc1Nc1c(C(=O)NCCCn2ccnc2)cc(C(=O)O)c(F)c1F. The van der Waals surface area contributed by atoms with E-state index in [0.717, 1.165) is 15.2 Å². The predicted molar refractivity (Wildman–Crippen MR) is 120 cm³/mol. The van der Waals surface area contributed by atoms with Crippen LogP contribution < -0.4 is 10.6 Å². The molecule has 0 saturated heterocycles. The summed E-state index contributed by atoms with van der Waals surface area (Å²) in [4.78, 5) is 28.0. The second-order valence-electron chi connectivity index (χ2n) is 6.77. The number of nitrogens with one attached hydrogen (secondary N) is 2. The van der Waals surface area contributed by atoms with E-state index in [4.69, 9.17) is 0 Å². The van der Waals surface area contributed by atoms with Crippen LogP contribution in [0.4, 0.5) is 20.2 Å². The van der Waals surface area contributed by atoms with Gasteiger partial charge in [0.25, 0.3) is 5.91 Å². The van der Waals surface area contributed by atoms with E-state index in [2.05, 4.69) is 38.2 Å². The molecule has 0 fully saturated rings. The number of carbonyl (C=O) groups is 2. The summed E-state index contributed by atoms with van der Waals surface area (Å²) in [6.45, 7) is 2.63. The van der Waals surface area contributed by atoms with Gasteiger partial charge in [0.1, 0.15) is 0 Å². The fraction of sp³-hybridized carbons (Fsp3) is 0.190. The number of carbonyl (C=O) groups excluding carboxylic acids is 1. The van der Waals surface area contributed by atoms with E-state index in [1.165, 1.54) is 0 Å². The van der Waals surface area contributed by atoms with E-state index in [9.17, 15) is 23.5 Å². The third-order valence-corrected chi connectivity index (χ3v) is 5.24. The van der Waals surface area contributed by atoms with Crippen LogP contribution in [0.25, 0.3) is 0 Å². The van der Waals surface area contributed by atoms with Gasteiger partial charge in [-0.3, -0.25) is 4.79 Å². The first-order chi connectivity index (χ1) is 14.8. The number of carboxylic acid groups (broad SMARTS) is 1. The lowest BCUT2D eigenvalue weighted by atomic mass is 10.0. The molecule has 0 radical (unpaired) electrons. The number of aryl methyl sites for hydroxylation is 2. The lowest BCUT2D eigenvalue weighted by Crippen LogP contribution is -2.27. The van der Waals surface area contributed by atoms with E-state index < -0.39 is 34.8 Å². The second kappa shape index (κ2) is 9.86. The fourth-order valence-electron chi connectivity index (χ4n) is 2.96. The molecule has 0 unspecified atom stereocenters. The van der Waals surface area contributed by atoms with Crippen molar-refractivity contribution in [2.45, 2.75) is 19.9 Å². The third-order valence-electron chi connectivity index (χ3n) is 4.57. The Morgan fingerprint density at radius 2 is 1.97 bits per heavy atom. The minimum absolute atomic E-state index is 0.250. The van der Waals surface area contributed by atoms with Gasteiger partial charge in [-0.1, -0.05) is 0 Å². The highest BCUT2D eigenvalue weighted by atomic mass is 127. The van der Waals surface area contributed by atoms with Crippen molar-refractivity contribution < 1.29 is 23.5 Å². The normalized spacial score (nSPS) is 10.7. The molecule has 0 saturated carbocycles. The number of hydrogen-bond donors (Lipinski definition) is 3. The van der Waals surface area contributed by atoms with E-state index in [1.54, 1.807) is 37.8 Å². The number of aromatic nitrogens is 2. The Kier molecular flexibility index (Phi) is 7.21. The average molecular weight is 540 g/mol. The number of aromatic carboxylic acids is 1. The molecule has 0 spiro atoms. The van der Waals surface area contributed by atoms with Gasteiger partial charge in [0.15, 0.2) is 11.6 Å². The molecule has 31 heavy (non-hydrogen) atoms. The molecule has 1 amide bonds. The highest BCUT2D eigenvalue weighted by Gasteiger charge is 2.26. The number of benzene rings is 2. The average Bonchev–Trinajstić information content (AvgIpc) is 3.23. The van der Waals surface area contributed by atoms with Crippen LogP contribution in [0.1, 0.15) is 32.7 Å². The molecule has 3 rings (SSSR count). The zero-order valence-corrected chi connectivity index (χ0v) is 18.6. The Morgan fingerprint density at radius 3 is 2.61 bits per heavy atom. The summed E-state index contributed by atoms with van der Waals surface area (Å²) in [7, 11) is 0. The molecule has 7 nitrogen and oxygen atoms in total. The molecule has 1 heterocycles. The summed E-state index contributed by atoms with van der Waals surface area (Å²) >= 11 is 2.12. The molecule has 1 aromatic heterocycles. The first-order valence-electron chi connectivity index (χ1n) is 9.30. The van der Waals surface area contributed by atoms with Crippen LogP contribution in [-0.2, 0) is 6.54 Å². The van der Waals surface area contributed by atoms with Crippen LogP contribution in [0, 0.1) is 22.1 Å². The van der Waals surface area contributed by atoms with Crippen LogP contribution in [0.3, 0.4) is 0 Å². The lowest BCUT2D eigenvalue weighted by Gasteiger charge is -2.17. The third kappa shape index (κ3) is 5.37. The Hall–Kier alpha value is -3.02. The number of hydrogen-bond acceptors (Lipinski definition) is 4. The summed E-state index contributed by atoms with van der Waals surface area (Å²) < 4.78 is 32.0. The molecule has 3 N–H and O–H groups in total. The number of imidazole rings is 1. The van der Waals surface area contributed by atoms with Crippen molar-refractivity contribution >= 4 is 45.8 Å². The minimum Gasteiger partial charge on any atom is -0.478 e. The standard InChI is InChI=1S/C21H19F2IN4O3/c1-12-9-13(24)3-4-16(12)27-19-15(10-14(21(30)31)17(22)18(19)23)20(29)26-5-2-7-28-8-6-25-11-28/h3-4,6,8-11,27H,2,5,7H2,1H3,(H,26,29)(H,30,31). The maximum absolute atomic E-state index is 14.8. The summed E-state index contributed by atoms with van der Waals surface area (Å²) in [6.07, 6.45) is 5.62. The quantitative estimate of drug-likeness (QED) is 0.292. The van der Waals surface area contributed by atoms with Crippen molar-refractivity contribution in [2.24, 2.45) is 0 Å². The number of halogens is 3. The molecular formula is C21H19F2IN4O3. The van der Waals surface area contributed by atoms with Crippen molar-refractivity contribution in [2.75, 3.05) is 11.9 Å². The van der Waals surface area contributed by atoms with Crippen LogP contribution in [-0.4, -0.2) is 33.1 Å². The van der Waals surface area contributed by atoms with Gasteiger partial charge < -0.3 is 20.3 Å². The van der Waals surface area contributed by atoms with Crippen molar-refractivity contribution in [1.82, 2.24) is 14.9 Å². The number of nitrogens with zero attached hydrogens (tertiary/aromatic N) is 2. The maximum Gasteiger partial charge on any atom is 0.338 e. The smallest absolute Gasteiger partial charge is 0.338 e. The molecule has 2 aromatic carbocycles. The van der Waals surface area contributed by atoms with E-state index >= 15 is 0 Å². The number of carboxylic acids is 1. The first-order valence-corrected chi connectivity index (χ1v) is 10.4. The molecule has 0 aliphatic heterocycles. The van der Waals surface area contributed by atoms with Gasteiger partial charge in [-0.15, -0.1) is 0 Å². The summed E-state index contributed by atoms with van der Waals surface area (Å²) in [5.74, 6) is -5.34. The molecule has 0 atom stereocenters.